The Balaban J connectivity index is 1.70. The third-order valence-corrected chi connectivity index (χ3v) is 4.36. The Hall–Kier alpha value is -0.650. The minimum Gasteiger partial charge on any atom is -0.382 e. The lowest BCUT2D eigenvalue weighted by molar-refractivity contribution is -0.184. The molecule has 1 aliphatic carbocycles. The summed E-state index contributed by atoms with van der Waals surface area (Å²) in [6.45, 7) is 4.77. The molecule has 1 heterocycles. The molecular formula is C15H27NO4. The van der Waals surface area contributed by atoms with E-state index in [4.69, 9.17) is 14.2 Å². The van der Waals surface area contributed by atoms with Crippen LogP contribution in [0.2, 0.25) is 0 Å². The van der Waals surface area contributed by atoms with Crippen molar-refractivity contribution >= 4 is 5.91 Å². The third kappa shape index (κ3) is 3.93. The lowest BCUT2D eigenvalue weighted by Gasteiger charge is -2.39. The van der Waals surface area contributed by atoms with Gasteiger partial charge in [0.2, 0.25) is 5.91 Å². The van der Waals surface area contributed by atoms with Crippen molar-refractivity contribution in [3.05, 3.63) is 0 Å². The molecule has 20 heavy (non-hydrogen) atoms. The highest BCUT2D eigenvalue weighted by Gasteiger charge is 2.41. The van der Waals surface area contributed by atoms with Gasteiger partial charge in [0.25, 0.3) is 0 Å². The zero-order valence-corrected chi connectivity index (χ0v) is 12.7. The third-order valence-electron chi connectivity index (χ3n) is 4.36. The number of carbonyl (C=O) groups excluding carboxylic acids is 1. The average molecular weight is 285 g/mol. The Kier molecular flexibility index (Phi) is 5.81. The van der Waals surface area contributed by atoms with E-state index in [0.29, 0.717) is 32.3 Å². The Morgan fingerprint density at radius 1 is 1.30 bits per heavy atom. The fourth-order valence-corrected chi connectivity index (χ4v) is 3.07. The lowest BCUT2D eigenvalue weighted by Crippen LogP contribution is -2.44. The van der Waals surface area contributed by atoms with Crippen LogP contribution in [-0.2, 0) is 19.0 Å². The summed E-state index contributed by atoms with van der Waals surface area (Å²) < 4.78 is 16.7. The highest BCUT2D eigenvalue weighted by Crippen LogP contribution is 2.37. The first-order valence-corrected chi connectivity index (χ1v) is 7.78. The molecule has 2 rings (SSSR count). The van der Waals surface area contributed by atoms with Gasteiger partial charge in [0, 0.05) is 45.6 Å². The van der Waals surface area contributed by atoms with Gasteiger partial charge in [-0.05, 0) is 26.2 Å². The number of carbonyl (C=O) groups is 1. The summed E-state index contributed by atoms with van der Waals surface area (Å²) >= 11 is 0. The molecule has 1 amide bonds. The number of rotatable bonds is 6. The Morgan fingerprint density at radius 2 is 1.95 bits per heavy atom. The van der Waals surface area contributed by atoms with Crippen LogP contribution in [0.3, 0.4) is 0 Å². The van der Waals surface area contributed by atoms with Crippen molar-refractivity contribution in [3.8, 4) is 0 Å². The van der Waals surface area contributed by atoms with Gasteiger partial charge in [-0.25, -0.2) is 0 Å². The van der Waals surface area contributed by atoms with E-state index in [9.17, 15) is 4.79 Å². The SMILES string of the molecule is CCOCCCC(=O)N(C)C1CCC2(CC1)OCCO2. The first kappa shape index (κ1) is 15.7. The van der Waals surface area contributed by atoms with Crippen LogP contribution >= 0.6 is 0 Å². The molecule has 1 saturated heterocycles. The summed E-state index contributed by atoms with van der Waals surface area (Å²) in [4.78, 5) is 14.0. The number of ether oxygens (including phenoxy) is 3. The van der Waals surface area contributed by atoms with Crippen molar-refractivity contribution < 1.29 is 19.0 Å². The van der Waals surface area contributed by atoms with Crippen LogP contribution in [0.5, 0.6) is 0 Å². The van der Waals surface area contributed by atoms with Crippen LogP contribution in [-0.4, -0.2) is 56.1 Å². The van der Waals surface area contributed by atoms with Crippen LogP contribution in [0.4, 0.5) is 0 Å². The van der Waals surface area contributed by atoms with Gasteiger partial charge in [-0.1, -0.05) is 0 Å². The molecule has 1 spiro atoms. The summed E-state index contributed by atoms with van der Waals surface area (Å²) in [6.07, 6.45) is 5.11. The van der Waals surface area contributed by atoms with E-state index in [1.54, 1.807) is 0 Å². The van der Waals surface area contributed by atoms with Gasteiger partial charge < -0.3 is 19.1 Å². The number of hydrogen-bond acceptors (Lipinski definition) is 4. The van der Waals surface area contributed by atoms with Gasteiger partial charge >= 0.3 is 0 Å². The van der Waals surface area contributed by atoms with E-state index in [2.05, 4.69) is 0 Å². The number of nitrogens with zero attached hydrogens (tertiary/aromatic N) is 1. The second-order valence-corrected chi connectivity index (χ2v) is 5.64. The predicted molar refractivity (Wildman–Crippen MR) is 75.4 cm³/mol. The van der Waals surface area contributed by atoms with E-state index in [1.165, 1.54) is 0 Å². The van der Waals surface area contributed by atoms with Crippen molar-refractivity contribution in [1.29, 1.82) is 0 Å². The molecule has 0 N–H and O–H groups in total. The summed E-state index contributed by atoms with van der Waals surface area (Å²) in [5.74, 6) is -0.117. The molecule has 1 saturated carbocycles. The van der Waals surface area contributed by atoms with E-state index in [1.807, 2.05) is 18.9 Å². The lowest BCUT2D eigenvalue weighted by atomic mass is 9.89. The molecule has 0 aromatic heterocycles. The van der Waals surface area contributed by atoms with Gasteiger partial charge in [0.15, 0.2) is 5.79 Å². The molecule has 5 nitrogen and oxygen atoms in total. The monoisotopic (exact) mass is 285 g/mol. The van der Waals surface area contributed by atoms with Gasteiger partial charge in [0.1, 0.15) is 0 Å². The molecule has 0 bridgehead atoms. The Bertz CT molecular complexity index is 305. The molecule has 0 aromatic rings. The Labute approximate surface area is 121 Å². The van der Waals surface area contributed by atoms with E-state index in [-0.39, 0.29) is 11.7 Å². The normalized spacial score (nSPS) is 22.3. The molecule has 0 atom stereocenters. The van der Waals surface area contributed by atoms with E-state index in [0.717, 1.165) is 38.7 Å². The second kappa shape index (κ2) is 7.38. The first-order valence-electron chi connectivity index (χ1n) is 7.78. The Morgan fingerprint density at radius 3 is 2.55 bits per heavy atom. The fourth-order valence-electron chi connectivity index (χ4n) is 3.07. The molecule has 2 aliphatic rings. The van der Waals surface area contributed by atoms with Crippen molar-refractivity contribution in [3.63, 3.8) is 0 Å². The highest BCUT2D eigenvalue weighted by molar-refractivity contribution is 5.76. The maximum Gasteiger partial charge on any atom is 0.222 e. The van der Waals surface area contributed by atoms with Crippen molar-refractivity contribution in [2.75, 3.05) is 33.5 Å². The average Bonchev–Trinajstić information content (AvgIpc) is 2.92. The van der Waals surface area contributed by atoms with E-state index < -0.39 is 0 Å². The minimum absolute atomic E-state index is 0.221. The summed E-state index contributed by atoms with van der Waals surface area (Å²) in [5.41, 5.74) is 0. The van der Waals surface area contributed by atoms with Crippen LogP contribution in [0.15, 0.2) is 0 Å². The molecule has 0 unspecified atom stereocenters. The highest BCUT2D eigenvalue weighted by atomic mass is 16.7. The standard InChI is InChI=1S/C15H27NO4/c1-3-18-10-4-5-14(17)16(2)13-6-8-15(9-7-13)19-11-12-20-15/h13H,3-12H2,1-2H3. The molecule has 1 aliphatic heterocycles. The number of amides is 1. The largest absolute Gasteiger partial charge is 0.382 e. The fraction of sp³-hybridized carbons (Fsp3) is 0.933. The molecule has 2 fully saturated rings. The summed E-state index contributed by atoms with van der Waals surface area (Å²) in [5, 5.41) is 0. The summed E-state index contributed by atoms with van der Waals surface area (Å²) in [7, 11) is 1.92. The molecule has 0 aromatic carbocycles. The zero-order chi connectivity index (χ0) is 14.4. The topological polar surface area (TPSA) is 48.0 Å². The predicted octanol–water partition coefficient (Wildman–Crippen LogP) is 1.95. The zero-order valence-electron chi connectivity index (χ0n) is 12.7. The van der Waals surface area contributed by atoms with Crippen molar-refractivity contribution in [2.24, 2.45) is 0 Å². The van der Waals surface area contributed by atoms with Crippen LogP contribution < -0.4 is 0 Å². The van der Waals surface area contributed by atoms with Gasteiger partial charge in [-0.2, -0.15) is 0 Å². The molecule has 0 radical (unpaired) electrons. The molecular weight excluding hydrogens is 258 g/mol. The second-order valence-electron chi connectivity index (χ2n) is 5.64. The molecule has 116 valence electrons. The van der Waals surface area contributed by atoms with Crippen LogP contribution in [0.1, 0.15) is 45.4 Å². The van der Waals surface area contributed by atoms with E-state index >= 15 is 0 Å². The van der Waals surface area contributed by atoms with Gasteiger partial charge in [-0.3, -0.25) is 4.79 Å². The first-order chi connectivity index (χ1) is 9.67. The van der Waals surface area contributed by atoms with Crippen molar-refractivity contribution in [2.45, 2.75) is 57.3 Å². The summed E-state index contributed by atoms with van der Waals surface area (Å²) in [6, 6.07) is 0.327. The maximum atomic E-state index is 12.1. The van der Waals surface area contributed by atoms with Gasteiger partial charge in [-0.15, -0.1) is 0 Å². The van der Waals surface area contributed by atoms with Crippen LogP contribution in [0, 0.1) is 0 Å². The molecule has 5 heteroatoms. The quantitative estimate of drug-likeness (QED) is 0.700. The smallest absolute Gasteiger partial charge is 0.222 e. The number of hydrogen-bond donors (Lipinski definition) is 0. The van der Waals surface area contributed by atoms with Gasteiger partial charge in [0.05, 0.1) is 13.2 Å². The minimum atomic E-state index is -0.338. The van der Waals surface area contributed by atoms with Crippen molar-refractivity contribution in [1.82, 2.24) is 4.90 Å². The van der Waals surface area contributed by atoms with Crippen LogP contribution in [0.25, 0.3) is 0 Å². The maximum absolute atomic E-state index is 12.1.